The van der Waals surface area contributed by atoms with Crippen molar-refractivity contribution in [1.29, 1.82) is 5.26 Å². The van der Waals surface area contributed by atoms with Crippen molar-refractivity contribution >= 4 is 23.4 Å². The van der Waals surface area contributed by atoms with Gasteiger partial charge >= 0.3 is 7.68 Å². The largest absolute Gasteiger partial charge is 0.493 e. The molecule has 0 saturated heterocycles. The van der Waals surface area contributed by atoms with E-state index in [9.17, 15) is 17.5 Å². The van der Waals surface area contributed by atoms with Crippen molar-refractivity contribution in [2.24, 2.45) is 0 Å². The summed E-state index contributed by atoms with van der Waals surface area (Å²) in [6.07, 6.45) is 0.583. The first-order chi connectivity index (χ1) is 15.7. The fourth-order valence-electron chi connectivity index (χ4n) is 3.25. The molecule has 33 heavy (non-hydrogen) atoms. The zero-order valence-corrected chi connectivity index (χ0v) is 19.9. The van der Waals surface area contributed by atoms with Crippen molar-refractivity contribution in [2.45, 2.75) is 30.4 Å². The Kier molecular flexibility index (Phi) is 7.37. The normalized spacial score (nSPS) is 11.4. The number of nitriles is 1. The highest BCUT2D eigenvalue weighted by Gasteiger charge is 2.42. The Morgan fingerprint density at radius 3 is 2.24 bits per heavy atom. The molecule has 0 N–H and O–H groups in total. The molecular formula is C24H23N2O5PS. The minimum atomic E-state index is -4.18. The Labute approximate surface area is 194 Å². The summed E-state index contributed by atoms with van der Waals surface area (Å²) in [5.41, 5.74) is 1.74. The van der Waals surface area contributed by atoms with E-state index in [-0.39, 0.29) is 10.6 Å². The lowest BCUT2D eigenvalue weighted by Crippen LogP contribution is -2.44. The highest BCUT2D eigenvalue weighted by Crippen LogP contribution is 2.41. The van der Waals surface area contributed by atoms with Crippen LogP contribution in [0.25, 0.3) is 0 Å². The van der Waals surface area contributed by atoms with Crippen LogP contribution in [0, 0.1) is 11.3 Å². The van der Waals surface area contributed by atoms with E-state index >= 15 is 0 Å². The van der Waals surface area contributed by atoms with E-state index in [0.717, 1.165) is 9.87 Å². The van der Waals surface area contributed by atoms with Gasteiger partial charge in [-0.2, -0.15) is 5.26 Å². The molecule has 9 heteroatoms. The SMILES string of the molecule is CC(C)(N(c1cccc(OCCc2ccc(C#N)cc2)c1)S(=O)(=O)c1ccccc1)P(=O)=O. The predicted octanol–water partition coefficient (Wildman–Crippen LogP) is 5.28. The van der Waals surface area contributed by atoms with Gasteiger partial charge in [0.15, 0.2) is 5.28 Å². The number of hydrogen-bond acceptors (Lipinski definition) is 6. The third kappa shape index (κ3) is 5.51. The number of ether oxygens (including phenoxy) is 1. The van der Waals surface area contributed by atoms with E-state index in [1.54, 1.807) is 42.5 Å². The van der Waals surface area contributed by atoms with Gasteiger partial charge in [-0.25, -0.2) is 21.9 Å². The smallest absolute Gasteiger partial charge is 0.342 e. The number of anilines is 1. The molecule has 3 aromatic rings. The van der Waals surface area contributed by atoms with Crippen LogP contribution in [0.1, 0.15) is 25.0 Å². The maximum atomic E-state index is 13.4. The van der Waals surface area contributed by atoms with Crippen molar-refractivity contribution in [1.82, 2.24) is 0 Å². The first kappa shape index (κ1) is 24.2. The average Bonchev–Trinajstić information content (AvgIpc) is 2.80. The molecule has 0 bridgehead atoms. The van der Waals surface area contributed by atoms with Gasteiger partial charge in [-0.1, -0.05) is 36.4 Å². The lowest BCUT2D eigenvalue weighted by atomic mass is 10.1. The van der Waals surface area contributed by atoms with Gasteiger partial charge in [0, 0.05) is 12.5 Å². The summed E-state index contributed by atoms with van der Waals surface area (Å²) >= 11 is 0. The summed E-state index contributed by atoms with van der Waals surface area (Å²) in [7, 11) is -7.31. The lowest BCUT2D eigenvalue weighted by molar-refractivity contribution is 0.322. The highest BCUT2D eigenvalue weighted by atomic mass is 32.2. The quantitative estimate of drug-likeness (QED) is 0.384. The van der Waals surface area contributed by atoms with Gasteiger partial charge in [0.05, 0.1) is 28.8 Å². The maximum Gasteiger partial charge on any atom is 0.342 e. The Morgan fingerprint density at radius 2 is 1.64 bits per heavy atom. The molecule has 0 aromatic heterocycles. The van der Waals surface area contributed by atoms with Crippen LogP contribution < -0.4 is 9.04 Å². The van der Waals surface area contributed by atoms with Crippen molar-refractivity contribution < 1.29 is 22.3 Å². The zero-order valence-electron chi connectivity index (χ0n) is 18.2. The molecule has 7 nitrogen and oxygen atoms in total. The van der Waals surface area contributed by atoms with Crippen LogP contribution in [0.4, 0.5) is 5.69 Å². The Hall–Kier alpha value is -3.40. The first-order valence-corrected chi connectivity index (χ1v) is 12.7. The molecule has 0 amide bonds. The molecule has 0 radical (unpaired) electrons. The molecule has 0 aliphatic heterocycles. The molecule has 170 valence electrons. The number of sulfonamides is 1. The molecule has 0 fully saturated rings. The second-order valence-corrected chi connectivity index (χ2v) is 11.1. The topological polar surface area (TPSA) is 105 Å². The highest BCUT2D eigenvalue weighted by molar-refractivity contribution is 7.93. The van der Waals surface area contributed by atoms with Crippen LogP contribution in [-0.4, -0.2) is 20.3 Å². The predicted molar refractivity (Wildman–Crippen MR) is 125 cm³/mol. The van der Waals surface area contributed by atoms with E-state index in [1.807, 2.05) is 12.1 Å². The van der Waals surface area contributed by atoms with Crippen molar-refractivity contribution in [3.8, 4) is 11.8 Å². The van der Waals surface area contributed by atoms with Gasteiger partial charge in [-0.05, 0) is 55.8 Å². The molecule has 0 saturated carbocycles. The van der Waals surface area contributed by atoms with Crippen molar-refractivity contribution in [3.05, 3.63) is 90.0 Å². The zero-order chi connectivity index (χ0) is 24.1. The molecule has 3 rings (SSSR count). The Bertz CT molecular complexity index is 1320. The summed E-state index contributed by atoms with van der Waals surface area (Å²) < 4.78 is 57.7. The fourth-order valence-corrected chi connectivity index (χ4v) is 5.73. The molecule has 0 spiro atoms. The van der Waals surface area contributed by atoms with Crippen LogP contribution in [0.5, 0.6) is 5.75 Å². The van der Waals surface area contributed by atoms with Crippen LogP contribution in [0.15, 0.2) is 83.8 Å². The third-order valence-corrected chi connectivity index (χ3v) is 8.26. The number of rotatable bonds is 9. The molecule has 0 atom stereocenters. The van der Waals surface area contributed by atoms with Crippen LogP contribution in [0.3, 0.4) is 0 Å². The molecule has 0 aliphatic rings. The van der Waals surface area contributed by atoms with Crippen LogP contribution >= 0.6 is 7.68 Å². The minimum Gasteiger partial charge on any atom is -0.493 e. The monoisotopic (exact) mass is 482 g/mol. The summed E-state index contributed by atoms with van der Waals surface area (Å²) in [6.45, 7) is 3.01. The molecule has 0 aliphatic carbocycles. The van der Waals surface area contributed by atoms with Crippen molar-refractivity contribution in [3.63, 3.8) is 0 Å². The molecular weight excluding hydrogens is 459 g/mol. The summed E-state index contributed by atoms with van der Waals surface area (Å²) in [5, 5.41) is 7.17. The summed E-state index contributed by atoms with van der Waals surface area (Å²) in [5.74, 6) is 0.409. The van der Waals surface area contributed by atoms with E-state index < -0.39 is 23.0 Å². The maximum absolute atomic E-state index is 13.4. The standard InChI is InChI=1S/C24H23N2O5PS/c1-24(2,32(27)28)26(33(29,30)23-9-4-3-5-10-23)21-7-6-8-22(17-21)31-16-15-19-11-13-20(18-25)14-12-19/h3-14,17H,15-16H2,1-2H3. The Balaban J connectivity index is 1.89. The second kappa shape index (κ2) is 10.0. The van der Waals surface area contributed by atoms with Gasteiger partial charge < -0.3 is 4.74 Å². The average molecular weight is 482 g/mol. The van der Waals surface area contributed by atoms with Gasteiger partial charge in [0.25, 0.3) is 10.0 Å². The van der Waals surface area contributed by atoms with Crippen LogP contribution in [-0.2, 0) is 25.6 Å². The third-order valence-electron chi connectivity index (χ3n) is 5.02. The van der Waals surface area contributed by atoms with E-state index in [4.69, 9.17) is 10.00 Å². The van der Waals surface area contributed by atoms with E-state index in [1.165, 1.54) is 38.1 Å². The van der Waals surface area contributed by atoms with Crippen LogP contribution in [0.2, 0.25) is 0 Å². The fraction of sp³-hybridized carbons (Fsp3) is 0.208. The molecule has 0 unspecified atom stereocenters. The molecule has 3 aromatic carbocycles. The number of hydrogen-bond donors (Lipinski definition) is 0. The second-order valence-electron chi connectivity index (χ2n) is 7.74. The van der Waals surface area contributed by atoms with Gasteiger partial charge in [-0.3, -0.25) is 0 Å². The minimum absolute atomic E-state index is 0.0120. The van der Waals surface area contributed by atoms with Gasteiger partial charge in [0.1, 0.15) is 5.75 Å². The number of benzene rings is 3. The lowest BCUT2D eigenvalue weighted by Gasteiger charge is -2.34. The Morgan fingerprint density at radius 1 is 0.970 bits per heavy atom. The first-order valence-electron chi connectivity index (χ1n) is 10.1. The van der Waals surface area contributed by atoms with Gasteiger partial charge in [0.2, 0.25) is 0 Å². The summed E-state index contributed by atoms with van der Waals surface area (Å²) in [4.78, 5) is -0.0120. The number of nitrogens with zero attached hydrogens (tertiary/aromatic N) is 2. The molecule has 0 heterocycles. The van der Waals surface area contributed by atoms with E-state index in [2.05, 4.69) is 6.07 Å². The van der Waals surface area contributed by atoms with Gasteiger partial charge in [-0.15, -0.1) is 0 Å². The van der Waals surface area contributed by atoms with E-state index in [0.29, 0.717) is 24.3 Å². The summed E-state index contributed by atoms with van der Waals surface area (Å²) in [6, 6.07) is 23.3. The van der Waals surface area contributed by atoms with Crippen molar-refractivity contribution in [2.75, 3.05) is 10.9 Å².